The number of esters is 1. The summed E-state index contributed by atoms with van der Waals surface area (Å²) >= 11 is 0. The van der Waals surface area contributed by atoms with E-state index in [1.807, 2.05) is 6.92 Å². The fourth-order valence-electron chi connectivity index (χ4n) is 2.77. The third kappa shape index (κ3) is 3.93. The van der Waals surface area contributed by atoms with Gasteiger partial charge in [-0.15, -0.1) is 0 Å². The predicted molar refractivity (Wildman–Crippen MR) is 96.6 cm³/mol. The normalized spacial score (nSPS) is 14.0. The first kappa shape index (κ1) is 19.3. The Morgan fingerprint density at radius 1 is 1.18 bits per heavy atom. The average molecular weight is 385 g/mol. The van der Waals surface area contributed by atoms with E-state index >= 15 is 0 Å². The maximum absolute atomic E-state index is 12.4. The second-order valence-corrected chi connectivity index (χ2v) is 6.51. The summed E-state index contributed by atoms with van der Waals surface area (Å²) in [5.74, 6) is -2.03. The summed E-state index contributed by atoms with van der Waals surface area (Å²) in [6.07, 6.45) is -1.30. The van der Waals surface area contributed by atoms with Crippen molar-refractivity contribution in [1.82, 2.24) is 10.1 Å². The summed E-state index contributed by atoms with van der Waals surface area (Å²) in [5.41, 5.74) is 2.10. The largest absolute Gasteiger partial charge is 0.452 e. The lowest BCUT2D eigenvalue weighted by Crippen LogP contribution is -2.34. The summed E-state index contributed by atoms with van der Waals surface area (Å²) in [6, 6.07) is 6.51. The molecule has 1 aromatic heterocycles. The number of hydrogen-bond donors (Lipinski definition) is 1. The van der Waals surface area contributed by atoms with Gasteiger partial charge in [-0.3, -0.25) is 29.4 Å². The Balaban J connectivity index is 1.52. The standard InChI is InChI=1S/C19H19N3O6/c1-10-4-5-13-14(8-10)19(26)22(18(13)25)7-6-16(23)27-12(3)17(24)20-15-9-11(2)21-28-15/h4-5,8-9,12H,6-7H2,1-3H3,(H,20,24). The molecule has 0 aliphatic carbocycles. The molecule has 2 aromatic rings. The Morgan fingerprint density at radius 2 is 1.89 bits per heavy atom. The van der Waals surface area contributed by atoms with Gasteiger partial charge in [0.25, 0.3) is 17.7 Å². The lowest BCUT2D eigenvalue weighted by atomic mass is 10.1. The summed E-state index contributed by atoms with van der Waals surface area (Å²) < 4.78 is 9.92. The van der Waals surface area contributed by atoms with Gasteiger partial charge in [0.1, 0.15) is 0 Å². The zero-order valence-electron chi connectivity index (χ0n) is 15.6. The van der Waals surface area contributed by atoms with E-state index in [-0.39, 0.29) is 18.8 Å². The molecule has 2 heterocycles. The number of imide groups is 1. The van der Waals surface area contributed by atoms with Gasteiger partial charge >= 0.3 is 5.97 Å². The molecule has 9 nitrogen and oxygen atoms in total. The van der Waals surface area contributed by atoms with Gasteiger partial charge in [-0.05, 0) is 32.9 Å². The molecule has 0 fully saturated rings. The first-order valence-corrected chi connectivity index (χ1v) is 8.67. The van der Waals surface area contributed by atoms with Crippen LogP contribution in [0.4, 0.5) is 5.88 Å². The Morgan fingerprint density at radius 3 is 2.57 bits per heavy atom. The molecule has 1 aliphatic rings. The Kier molecular flexibility index (Phi) is 5.25. The Bertz CT molecular complexity index is 964. The van der Waals surface area contributed by atoms with Gasteiger partial charge in [-0.1, -0.05) is 16.8 Å². The fourth-order valence-corrected chi connectivity index (χ4v) is 2.77. The molecule has 146 valence electrons. The topological polar surface area (TPSA) is 119 Å². The van der Waals surface area contributed by atoms with Gasteiger partial charge in [-0.25, -0.2) is 0 Å². The molecule has 0 saturated carbocycles. The zero-order valence-corrected chi connectivity index (χ0v) is 15.6. The second kappa shape index (κ2) is 7.63. The summed E-state index contributed by atoms with van der Waals surface area (Å²) in [4.78, 5) is 49.8. The van der Waals surface area contributed by atoms with Crippen molar-refractivity contribution in [2.45, 2.75) is 33.3 Å². The number of ether oxygens (including phenoxy) is 1. The van der Waals surface area contributed by atoms with Crippen molar-refractivity contribution in [3.05, 3.63) is 46.6 Å². The smallest absolute Gasteiger partial charge is 0.308 e. The van der Waals surface area contributed by atoms with Gasteiger partial charge in [0.05, 0.1) is 23.2 Å². The summed E-state index contributed by atoms with van der Waals surface area (Å²) in [5, 5.41) is 6.07. The highest BCUT2D eigenvalue weighted by atomic mass is 16.5. The molecule has 28 heavy (non-hydrogen) atoms. The van der Waals surface area contributed by atoms with Crippen molar-refractivity contribution in [1.29, 1.82) is 0 Å². The number of nitrogens with zero attached hydrogens (tertiary/aromatic N) is 2. The van der Waals surface area contributed by atoms with Crippen LogP contribution in [0.2, 0.25) is 0 Å². The van der Waals surface area contributed by atoms with Gasteiger partial charge in [0.15, 0.2) is 6.10 Å². The van der Waals surface area contributed by atoms with Crippen LogP contribution in [0.1, 0.15) is 45.3 Å². The highest BCUT2D eigenvalue weighted by Gasteiger charge is 2.35. The number of aromatic nitrogens is 1. The van der Waals surface area contributed by atoms with Crippen molar-refractivity contribution in [3.63, 3.8) is 0 Å². The molecule has 0 radical (unpaired) electrons. The molecular weight excluding hydrogens is 366 g/mol. The van der Waals surface area contributed by atoms with Gasteiger partial charge < -0.3 is 9.26 Å². The molecule has 0 saturated heterocycles. The minimum atomic E-state index is -1.08. The monoisotopic (exact) mass is 385 g/mol. The van der Waals surface area contributed by atoms with E-state index in [0.29, 0.717) is 16.8 Å². The van der Waals surface area contributed by atoms with E-state index in [1.165, 1.54) is 13.0 Å². The van der Waals surface area contributed by atoms with E-state index in [1.54, 1.807) is 25.1 Å². The van der Waals surface area contributed by atoms with Crippen molar-refractivity contribution < 1.29 is 28.4 Å². The summed E-state index contributed by atoms with van der Waals surface area (Å²) in [6.45, 7) is 4.80. The zero-order chi connectivity index (χ0) is 20.4. The van der Waals surface area contributed by atoms with Crippen LogP contribution in [-0.4, -0.2) is 46.4 Å². The molecule has 9 heteroatoms. The predicted octanol–water partition coefficient (Wildman–Crippen LogP) is 1.85. The molecule has 0 bridgehead atoms. The number of benzene rings is 1. The lowest BCUT2D eigenvalue weighted by molar-refractivity contribution is -0.153. The highest BCUT2D eigenvalue weighted by molar-refractivity contribution is 6.21. The maximum atomic E-state index is 12.4. The number of anilines is 1. The molecular formula is C19H19N3O6. The number of fused-ring (bicyclic) bond motifs is 1. The van der Waals surface area contributed by atoms with E-state index < -0.39 is 29.8 Å². The van der Waals surface area contributed by atoms with Crippen LogP contribution in [0.5, 0.6) is 0 Å². The van der Waals surface area contributed by atoms with Crippen LogP contribution in [0, 0.1) is 13.8 Å². The van der Waals surface area contributed by atoms with E-state index in [9.17, 15) is 19.2 Å². The van der Waals surface area contributed by atoms with Crippen molar-refractivity contribution in [2.75, 3.05) is 11.9 Å². The average Bonchev–Trinajstić information content (AvgIpc) is 3.14. The van der Waals surface area contributed by atoms with Crippen molar-refractivity contribution in [2.24, 2.45) is 0 Å². The summed E-state index contributed by atoms with van der Waals surface area (Å²) in [7, 11) is 0. The number of hydrogen-bond acceptors (Lipinski definition) is 7. The van der Waals surface area contributed by atoms with E-state index in [0.717, 1.165) is 10.5 Å². The van der Waals surface area contributed by atoms with Crippen LogP contribution in [0.25, 0.3) is 0 Å². The molecule has 3 amide bonds. The Labute approximate surface area is 160 Å². The quantitative estimate of drug-likeness (QED) is 0.595. The van der Waals surface area contributed by atoms with Crippen LogP contribution in [0.15, 0.2) is 28.8 Å². The van der Waals surface area contributed by atoms with Crippen LogP contribution in [-0.2, 0) is 14.3 Å². The molecule has 1 aromatic carbocycles. The van der Waals surface area contributed by atoms with Crippen molar-refractivity contribution in [3.8, 4) is 0 Å². The van der Waals surface area contributed by atoms with E-state index in [4.69, 9.17) is 9.26 Å². The number of carbonyl (C=O) groups excluding carboxylic acids is 4. The SMILES string of the molecule is Cc1ccc2c(c1)C(=O)N(CCC(=O)OC(C)C(=O)Nc1cc(C)no1)C2=O. The number of amides is 3. The molecule has 1 atom stereocenters. The molecule has 1 N–H and O–H groups in total. The minimum Gasteiger partial charge on any atom is -0.452 e. The number of carbonyl (C=O) groups is 4. The van der Waals surface area contributed by atoms with Gasteiger partial charge in [-0.2, -0.15) is 0 Å². The van der Waals surface area contributed by atoms with Gasteiger partial charge in [0.2, 0.25) is 5.88 Å². The first-order valence-electron chi connectivity index (χ1n) is 8.67. The number of nitrogens with one attached hydrogen (secondary N) is 1. The maximum Gasteiger partial charge on any atom is 0.308 e. The van der Waals surface area contributed by atoms with Crippen molar-refractivity contribution >= 4 is 29.6 Å². The van der Waals surface area contributed by atoms with Crippen LogP contribution in [0.3, 0.4) is 0 Å². The molecule has 0 spiro atoms. The fraction of sp³-hybridized carbons (Fsp3) is 0.316. The molecule has 1 unspecified atom stereocenters. The third-order valence-corrected chi connectivity index (χ3v) is 4.22. The number of rotatable bonds is 6. The minimum absolute atomic E-state index is 0.125. The van der Waals surface area contributed by atoms with E-state index in [2.05, 4.69) is 10.5 Å². The number of aryl methyl sites for hydroxylation is 2. The molecule has 1 aliphatic heterocycles. The Hall–Kier alpha value is -3.49. The van der Waals surface area contributed by atoms with Crippen LogP contribution >= 0.6 is 0 Å². The highest BCUT2D eigenvalue weighted by Crippen LogP contribution is 2.24. The lowest BCUT2D eigenvalue weighted by Gasteiger charge is -2.15. The first-order chi connectivity index (χ1) is 13.3. The molecule has 3 rings (SSSR count). The van der Waals surface area contributed by atoms with Crippen LogP contribution < -0.4 is 5.32 Å². The van der Waals surface area contributed by atoms with Gasteiger partial charge in [0, 0.05) is 12.6 Å². The second-order valence-electron chi connectivity index (χ2n) is 6.51. The third-order valence-electron chi connectivity index (χ3n) is 4.22.